The summed E-state index contributed by atoms with van der Waals surface area (Å²) in [6.07, 6.45) is 6.54. The summed E-state index contributed by atoms with van der Waals surface area (Å²) in [6.45, 7) is 5.98. The molecule has 2 aliphatic heterocycles. The Morgan fingerprint density at radius 3 is 2.57 bits per heavy atom. The molecule has 1 aromatic heterocycles. The second-order valence-electron chi connectivity index (χ2n) is 8.38. The van der Waals surface area contributed by atoms with Crippen LogP contribution < -0.4 is 11.4 Å². The minimum atomic E-state index is -0.547. The molecular formula is C21H31N5O2. The van der Waals surface area contributed by atoms with Crippen molar-refractivity contribution in [3.63, 3.8) is 0 Å². The maximum atomic E-state index is 12.9. The van der Waals surface area contributed by atoms with Crippen LogP contribution in [0.25, 0.3) is 11.0 Å². The zero-order chi connectivity index (χ0) is 19.7. The highest BCUT2D eigenvalue weighted by Gasteiger charge is 2.29. The van der Waals surface area contributed by atoms with Crippen LogP contribution in [0.5, 0.6) is 0 Å². The van der Waals surface area contributed by atoms with Crippen molar-refractivity contribution >= 4 is 16.9 Å². The zero-order valence-electron chi connectivity index (χ0n) is 16.7. The number of rotatable bonds is 4. The molecule has 28 heavy (non-hydrogen) atoms. The Morgan fingerprint density at radius 2 is 1.86 bits per heavy atom. The molecular weight excluding hydrogens is 354 g/mol. The van der Waals surface area contributed by atoms with Crippen molar-refractivity contribution in [3.8, 4) is 0 Å². The molecule has 152 valence electrons. The fraction of sp³-hybridized carbons (Fsp3) is 0.619. The molecule has 1 aromatic carbocycles. The van der Waals surface area contributed by atoms with Gasteiger partial charge in [-0.1, -0.05) is 12.5 Å². The molecule has 1 atom stereocenters. The van der Waals surface area contributed by atoms with E-state index in [2.05, 4.69) is 14.9 Å². The van der Waals surface area contributed by atoms with Crippen LogP contribution in [0.2, 0.25) is 0 Å². The average molecular weight is 386 g/mol. The minimum Gasteiger partial charge on any atom is -0.341 e. The molecule has 0 bridgehead atoms. The summed E-state index contributed by atoms with van der Waals surface area (Å²) < 4.78 is 0. The van der Waals surface area contributed by atoms with Crippen LogP contribution in [0.1, 0.15) is 43.2 Å². The number of H-pyrrole nitrogens is 2. The largest absolute Gasteiger partial charge is 0.341 e. The van der Waals surface area contributed by atoms with Gasteiger partial charge in [0, 0.05) is 19.1 Å². The van der Waals surface area contributed by atoms with E-state index in [1.807, 2.05) is 24.0 Å². The summed E-state index contributed by atoms with van der Waals surface area (Å²) in [4.78, 5) is 34.5. The van der Waals surface area contributed by atoms with E-state index in [1.165, 1.54) is 32.4 Å². The highest BCUT2D eigenvalue weighted by Crippen LogP contribution is 2.22. The van der Waals surface area contributed by atoms with E-state index in [0.29, 0.717) is 12.5 Å². The predicted molar refractivity (Wildman–Crippen MR) is 110 cm³/mol. The van der Waals surface area contributed by atoms with Gasteiger partial charge in [-0.15, -0.1) is 0 Å². The summed E-state index contributed by atoms with van der Waals surface area (Å²) >= 11 is 0. The fourth-order valence-corrected chi connectivity index (χ4v) is 4.82. The van der Waals surface area contributed by atoms with Gasteiger partial charge in [-0.05, 0) is 69.3 Å². The standard InChI is InChI=1S/C21H31N5O2/c1-14-11-15(13-18-19(14)24-21(28)23-18)12-17(22)20(27)26-9-5-16(6-10-26)25-7-3-2-4-8-25/h11,13,16-17H,2-10,12,22H2,1H3,(H2,23,24,28). The van der Waals surface area contributed by atoms with Gasteiger partial charge in [-0.2, -0.15) is 0 Å². The third-order valence-corrected chi connectivity index (χ3v) is 6.34. The number of amides is 1. The number of piperidine rings is 2. The Bertz CT molecular complexity index is 888. The molecule has 7 heteroatoms. The van der Waals surface area contributed by atoms with E-state index < -0.39 is 6.04 Å². The van der Waals surface area contributed by atoms with E-state index in [-0.39, 0.29) is 11.6 Å². The second-order valence-corrected chi connectivity index (χ2v) is 8.38. The maximum absolute atomic E-state index is 12.9. The van der Waals surface area contributed by atoms with Gasteiger partial charge in [0.2, 0.25) is 5.91 Å². The average Bonchev–Trinajstić information content (AvgIpc) is 3.09. The first kappa shape index (κ1) is 19.2. The molecule has 2 aliphatic rings. The molecule has 0 radical (unpaired) electrons. The van der Waals surface area contributed by atoms with E-state index in [1.54, 1.807) is 0 Å². The van der Waals surface area contributed by atoms with E-state index in [9.17, 15) is 9.59 Å². The number of fused-ring (bicyclic) bond motifs is 1. The van der Waals surface area contributed by atoms with Gasteiger partial charge in [0.05, 0.1) is 17.1 Å². The van der Waals surface area contributed by atoms with E-state index >= 15 is 0 Å². The van der Waals surface area contributed by atoms with Gasteiger partial charge >= 0.3 is 5.69 Å². The van der Waals surface area contributed by atoms with Crippen molar-refractivity contribution in [1.82, 2.24) is 19.8 Å². The number of imidazole rings is 1. The van der Waals surface area contributed by atoms with Gasteiger partial charge in [0.15, 0.2) is 0 Å². The Hall–Kier alpha value is -2.12. The molecule has 4 rings (SSSR count). The van der Waals surface area contributed by atoms with E-state index in [0.717, 1.165) is 48.1 Å². The van der Waals surface area contributed by atoms with Crippen LogP contribution in [0.3, 0.4) is 0 Å². The number of hydrogen-bond acceptors (Lipinski definition) is 4. The number of nitrogens with two attached hydrogens (primary N) is 1. The number of hydrogen-bond donors (Lipinski definition) is 3. The number of benzene rings is 1. The lowest BCUT2D eigenvalue weighted by molar-refractivity contribution is -0.134. The molecule has 2 fully saturated rings. The summed E-state index contributed by atoms with van der Waals surface area (Å²) in [6, 6.07) is 3.99. The van der Waals surface area contributed by atoms with Crippen LogP contribution in [0, 0.1) is 6.92 Å². The number of carbonyl (C=O) groups is 1. The zero-order valence-corrected chi connectivity index (χ0v) is 16.7. The molecule has 2 saturated heterocycles. The number of aryl methyl sites for hydroxylation is 1. The van der Waals surface area contributed by atoms with Crippen LogP contribution in [-0.2, 0) is 11.2 Å². The molecule has 2 aromatic rings. The van der Waals surface area contributed by atoms with Crippen molar-refractivity contribution in [2.75, 3.05) is 26.2 Å². The topological polar surface area (TPSA) is 98.2 Å². The first-order chi connectivity index (χ1) is 13.5. The SMILES string of the molecule is Cc1cc(CC(N)C(=O)N2CCC(N3CCCCC3)CC2)cc2[nH]c(=O)[nH]c12. The third kappa shape index (κ3) is 4.00. The number of likely N-dealkylation sites (tertiary alicyclic amines) is 2. The van der Waals surface area contributed by atoms with Gasteiger partial charge in [0.1, 0.15) is 0 Å². The van der Waals surface area contributed by atoms with Crippen LogP contribution >= 0.6 is 0 Å². The fourth-order valence-electron chi connectivity index (χ4n) is 4.82. The Kier molecular flexibility index (Phi) is 5.55. The second kappa shape index (κ2) is 8.09. The van der Waals surface area contributed by atoms with Gasteiger partial charge < -0.3 is 25.5 Å². The first-order valence-corrected chi connectivity index (χ1v) is 10.5. The molecule has 1 unspecified atom stereocenters. The number of nitrogens with one attached hydrogen (secondary N) is 2. The lowest BCUT2D eigenvalue weighted by atomic mass is 9.98. The normalized spacial score (nSPS) is 20.6. The lowest BCUT2D eigenvalue weighted by Gasteiger charge is -2.40. The van der Waals surface area contributed by atoms with E-state index in [4.69, 9.17) is 5.73 Å². The Balaban J connectivity index is 1.35. The first-order valence-electron chi connectivity index (χ1n) is 10.5. The summed E-state index contributed by atoms with van der Waals surface area (Å²) in [5, 5.41) is 0. The van der Waals surface area contributed by atoms with Crippen LogP contribution in [0.4, 0.5) is 0 Å². The van der Waals surface area contributed by atoms with Crippen molar-refractivity contribution in [1.29, 1.82) is 0 Å². The monoisotopic (exact) mass is 385 g/mol. The molecule has 0 saturated carbocycles. The van der Waals surface area contributed by atoms with Gasteiger partial charge in [-0.3, -0.25) is 4.79 Å². The summed E-state index contributed by atoms with van der Waals surface area (Å²) in [5.41, 5.74) is 9.59. The van der Waals surface area contributed by atoms with Crippen molar-refractivity contribution in [2.24, 2.45) is 5.73 Å². The molecule has 0 aliphatic carbocycles. The highest BCUT2D eigenvalue weighted by atomic mass is 16.2. The third-order valence-electron chi connectivity index (χ3n) is 6.34. The van der Waals surface area contributed by atoms with Crippen LogP contribution in [-0.4, -0.2) is 63.9 Å². The molecule has 4 N–H and O–H groups in total. The maximum Gasteiger partial charge on any atom is 0.323 e. The van der Waals surface area contributed by atoms with Crippen molar-refractivity contribution < 1.29 is 4.79 Å². The molecule has 3 heterocycles. The molecule has 1 amide bonds. The van der Waals surface area contributed by atoms with Gasteiger partial charge in [0.25, 0.3) is 0 Å². The smallest absolute Gasteiger partial charge is 0.323 e. The number of nitrogens with zero attached hydrogens (tertiary/aromatic N) is 2. The number of aromatic amines is 2. The molecule has 0 spiro atoms. The Morgan fingerprint density at radius 1 is 1.14 bits per heavy atom. The quantitative estimate of drug-likeness (QED) is 0.743. The minimum absolute atomic E-state index is 0.0393. The van der Waals surface area contributed by atoms with Crippen LogP contribution in [0.15, 0.2) is 16.9 Å². The van der Waals surface area contributed by atoms with Gasteiger partial charge in [-0.25, -0.2) is 4.79 Å². The molecule has 7 nitrogen and oxygen atoms in total. The summed E-state index contributed by atoms with van der Waals surface area (Å²) in [7, 11) is 0. The number of aromatic nitrogens is 2. The number of carbonyl (C=O) groups excluding carboxylic acids is 1. The summed E-state index contributed by atoms with van der Waals surface area (Å²) in [5.74, 6) is 0.0393. The van der Waals surface area contributed by atoms with Crippen molar-refractivity contribution in [2.45, 2.75) is 57.5 Å². The highest BCUT2D eigenvalue weighted by molar-refractivity contribution is 5.83. The Labute approximate surface area is 165 Å². The lowest BCUT2D eigenvalue weighted by Crippen LogP contribution is -2.52. The predicted octanol–water partition coefficient (Wildman–Crippen LogP) is 1.51. The van der Waals surface area contributed by atoms with Crippen molar-refractivity contribution in [3.05, 3.63) is 33.7 Å².